The summed E-state index contributed by atoms with van der Waals surface area (Å²) in [6.07, 6.45) is 4.37. The van der Waals surface area contributed by atoms with Gasteiger partial charge in [0, 0.05) is 31.2 Å². The van der Waals surface area contributed by atoms with Crippen LogP contribution in [0.25, 0.3) is 0 Å². The normalized spacial score (nSPS) is 19.6. The van der Waals surface area contributed by atoms with E-state index in [-0.39, 0.29) is 0 Å². The van der Waals surface area contributed by atoms with E-state index < -0.39 is 10.2 Å². The van der Waals surface area contributed by atoms with Crippen molar-refractivity contribution in [1.29, 1.82) is 0 Å². The van der Waals surface area contributed by atoms with Gasteiger partial charge in [0.25, 0.3) is 10.2 Å². The summed E-state index contributed by atoms with van der Waals surface area (Å²) in [6.45, 7) is 1.97. The molecule has 1 aromatic rings. The van der Waals surface area contributed by atoms with Gasteiger partial charge in [0.05, 0.1) is 0 Å². The monoisotopic (exact) mass is 359 g/mol. The predicted molar refractivity (Wildman–Crippen MR) is 94.7 cm³/mol. The molecule has 0 amide bonds. The van der Waals surface area contributed by atoms with Gasteiger partial charge in [-0.2, -0.15) is 12.7 Å². The highest BCUT2D eigenvalue weighted by atomic mass is 35.5. The van der Waals surface area contributed by atoms with Crippen LogP contribution < -0.4 is 4.72 Å². The highest BCUT2D eigenvalue weighted by Crippen LogP contribution is 2.18. The first-order valence-electron chi connectivity index (χ1n) is 8.04. The van der Waals surface area contributed by atoms with Gasteiger partial charge >= 0.3 is 0 Å². The number of benzene rings is 1. The molecular formula is C16H26ClN3O2S. The number of rotatable bonds is 8. The average molecular weight is 360 g/mol. The first kappa shape index (κ1) is 18.7. The van der Waals surface area contributed by atoms with Crippen molar-refractivity contribution in [3.8, 4) is 0 Å². The lowest BCUT2D eigenvalue weighted by molar-refractivity contribution is 0.292. The van der Waals surface area contributed by atoms with Crippen molar-refractivity contribution in [2.75, 3.05) is 27.2 Å². The molecule has 1 atom stereocenters. The highest BCUT2D eigenvalue weighted by Gasteiger charge is 2.21. The van der Waals surface area contributed by atoms with Crippen LogP contribution in [0.5, 0.6) is 0 Å². The van der Waals surface area contributed by atoms with E-state index in [0.29, 0.717) is 24.2 Å². The Morgan fingerprint density at radius 3 is 2.65 bits per heavy atom. The second kappa shape index (κ2) is 8.44. The molecule has 0 aliphatic carbocycles. The van der Waals surface area contributed by atoms with Gasteiger partial charge in [-0.3, -0.25) is 0 Å². The third-order valence-electron chi connectivity index (χ3n) is 4.40. The average Bonchev–Trinajstić information content (AvgIpc) is 2.91. The zero-order valence-corrected chi connectivity index (χ0v) is 15.4. The lowest BCUT2D eigenvalue weighted by Gasteiger charge is -2.20. The Morgan fingerprint density at radius 2 is 2.04 bits per heavy atom. The largest absolute Gasteiger partial charge is 0.303 e. The van der Waals surface area contributed by atoms with E-state index in [4.69, 9.17) is 11.6 Å². The van der Waals surface area contributed by atoms with Crippen molar-refractivity contribution in [2.45, 2.75) is 38.3 Å². The van der Waals surface area contributed by atoms with Crippen LogP contribution in [0.1, 0.15) is 31.2 Å². The van der Waals surface area contributed by atoms with Crippen LogP contribution >= 0.6 is 11.6 Å². The standard InChI is InChI=1S/C16H26ClN3O2S/c1-19-12-4-6-16(19)5-3-11-18-23(21,22)20(2)13-14-7-9-15(17)10-8-14/h7-10,16,18H,3-6,11-13H2,1-2H3/t16-/m1/s1. The maximum absolute atomic E-state index is 12.2. The lowest BCUT2D eigenvalue weighted by atomic mass is 10.1. The zero-order chi connectivity index (χ0) is 16.9. The number of nitrogens with one attached hydrogen (secondary N) is 1. The van der Waals surface area contributed by atoms with Crippen LogP contribution in [-0.4, -0.2) is 50.8 Å². The fraction of sp³-hybridized carbons (Fsp3) is 0.625. The first-order chi connectivity index (χ1) is 10.9. The second-order valence-electron chi connectivity index (χ2n) is 6.20. The Labute approximate surface area is 144 Å². The van der Waals surface area contributed by atoms with Gasteiger partial charge in [-0.1, -0.05) is 23.7 Å². The predicted octanol–water partition coefficient (Wildman–Crippen LogP) is 2.48. The molecule has 1 heterocycles. The molecule has 1 aliphatic rings. The quantitative estimate of drug-likeness (QED) is 0.725. The van der Waals surface area contributed by atoms with E-state index in [0.717, 1.165) is 24.9 Å². The topological polar surface area (TPSA) is 52.7 Å². The molecule has 0 bridgehead atoms. The molecule has 0 saturated carbocycles. The van der Waals surface area contributed by atoms with Crippen LogP contribution in [0, 0.1) is 0 Å². The number of hydrogen-bond donors (Lipinski definition) is 1. The van der Waals surface area contributed by atoms with Gasteiger partial charge in [-0.05, 0) is 57.0 Å². The van der Waals surface area contributed by atoms with E-state index in [1.165, 1.54) is 17.1 Å². The van der Waals surface area contributed by atoms with E-state index in [9.17, 15) is 8.42 Å². The molecule has 5 nitrogen and oxygen atoms in total. The van der Waals surface area contributed by atoms with Gasteiger partial charge in [-0.25, -0.2) is 4.72 Å². The van der Waals surface area contributed by atoms with Gasteiger partial charge in [0.2, 0.25) is 0 Å². The minimum Gasteiger partial charge on any atom is -0.303 e. The molecule has 1 saturated heterocycles. The van der Waals surface area contributed by atoms with Gasteiger partial charge < -0.3 is 4.90 Å². The Balaban J connectivity index is 1.75. The minimum absolute atomic E-state index is 0.331. The Bertz CT molecular complexity index is 592. The third-order valence-corrected chi connectivity index (χ3v) is 6.17. The summed E-state index contributed by atoms with van der Waals surface area (Å²) in [5.41, 5.74) is 0.912. The third kappa shape index (κ3) is 5.72. The number of likely N-dealkylation sites (tertiary alicyclic amines) is 1. The fourth-order valence-corrected chi connectivity index (χ4v) is 3.99. The summed E-state index contributed by atoms with van der Waals surface area (Å²) in [6, 6.07) is 7.81. The van der Waals surface area contributed by atoms with Crippen molar-refractivity contribution in [1.82, 2.24) is 13.9 Å². The molecule has 2 rings (SSSR count). The van der Waals surface area contributed by atoms with Crippen LogP contribution in [0.15, 0.2) is 24.3 Å². The van der Waals surface area contributed by atoms with Gasteiger partial charge in [-0.15, -0.1) is 0 Å². The summed E-state index contributed by atoms with van der Waals surface area (Å²) in [4.78, 5) is 2.36. The van der Waals surface area contributed by atoms with Crippen molar-refractivity contribution in [3.63, 3.8) is 0 Å². The summed E-state index contributed by atoms with van der Waals surface area (Å²) in [5, 5.41) is 0.647. The summed E-state index contributed by atoms with van der Waals surface area (Å²) >= 11 is 5.84. The SMILES string of the molecule is CN1CCC[C@H]1CCCNS(=O)(=O)N(C)Cc1ccc(Cl)cc1. The molecule has 1 aromatic carbocycles. The Kier molecular flexibility index (Phi) is 6.85. The highest BCUT2D eigenvalue weighted by molar-refractivity contribution is 7.87. The second-order valence-corrected chi connectivity index (χ2v) is 8.50. The molecule has 1 N–H and O–H groups in total. The molecule has 7 heteroatoms. The number of halogens is 1. The van der Waals surface area contributed by atoms with Gasteiger partial charge in [0.1, 0.15) is 0 Å². The van der Waals surface area contributed by atoms with Crippen LogP contribution in [-0.2, 0) is 16.8 Å². The van der Waals surface area contributed by atoms with Crippen molar-refractivity contribution >= 4 is 21.8 Å². The van der Waals surface area contributed by atoms with Gasteiger partial charge in [0.15, 0.2) is 0 Å². The molecule has 130 valence electrons. The molecule has 1 aliphatic heterocycles. The molecule has 23 heavy (non-hydrogen) atoms. The molecule has 0 unspecified atom stereocenters. The molecular weight excluding hydrogens is 334 g/mol. The summed E-state index contributed by atoms with van der Waals surface area (Å²) in [7, 11) is 0.284. The van der Waals surface area contributed by atoms with E-state index in [1.807, 2.05) is 12.1 Å². The number of nitrogens with zero attached hydrogens (tertiary/aromatic N) is 2. The molecule has 0 radical (unpaired) electrons. The minimum atomic E-state index is -3.44. The smallest absolute Gasteiger partial charge is 0.279 e. The Morgan fingerprint density at radius 1 is 1.35 bits per heavy atom. The first-order valence-corrected chi connectivity index (χ1v) is 9.86. The van der Waals surface area contributed by atoms with Crippen LogP contribution in [0.3, 0.4) is 0 Å². The maximum atomic E-state index is 12.2. The van der Waals surface area contributed by atoms with Crippen molar-refractivity contribution in [3.05, 3.63) is 34.9 Å². The zero-order valence-electron chi connectivity index (χ0n) is 13.8. The molecule has 0 aromatic heterocycles. The van der Waals surface area contributed by atoms with E-state index in [1.54, 1.807) is 19.2 Å². The number of hydrogen-bond acceptors (Lipinski definition) is 3. The Hall–Kier alpha value is -0.660. The van der Waals surface area contributed by atoms with Crippen molar-refractivity contribution in [2.24, 2.45) is 0 Å². The summed E-state index contributed by atoms with van der Waals surface area (Å²) < 4.78 is 28.5. The lowest BCUT2D eigenvalue weighted by Crippen LogP contribution is -2.38. The van der Waals surface area contributed by atoms with Crippen molar-refractivity contribution < 1.29 is 8.42 Å². The molecule has 1 fully saturated rings. The van der Waals surface area contributed by atoms with E-state index in [2.05, 4.69) is 16.7 Å². The summed E-state index contributed by atoms with van der Waals surface area (Å²) in [5.74, 6) is 0. The van der Waals surface area contributed by atoms with E-state index >= 15 is 0 Å². The van der Waals surface area contributed by atoms with Crippen LogP contribution in [0.2, 0.25) is 5.02 Å². The fourth-order valence-electron chi connectivity index (χ4n) is 2.92. The van der Waals surface area contributed by atoms with Crippen LogP contribution in [0.4, 0.5) is 0 Å². The molecule has 0 spiro atoms. The maximum Gasteiger partial charge on any atom is 0.279 e.